The minimum absolute atomic E-state index is 0.0739. The molecule has 1 aromatic rings. The Morgan fingerprint density at radius 3 is 2.74 bits per heavy atom. The third kappa shape index (κ3) is 3.98. The molecule has 0 spiro atoms. The van der Waals surface area contributed by atoms with Gasteiger partial charge < -0.3 is 15.7 Å². The van der Waals surface area contributed by atoms with Crippen molar-refractivity contribution in [1.29, 1.82) is 0 Å². The zero-order chi connectivity index (χ0) is 13.7. The Morgan fingerprint density at radius 1 is 1.32 bits per heavy atom. The fourth-order valence-corrected chi connectivity index (χ4v) is 2.07. The van der Waals surface area contributed by atoms with E-state index in [0.29, 0.717) is 5.92 Å². The fourth-order valence-electron chi connectivity index (χ4n) is 2.07. The number of carbonyl (C=O) groups is 2. The molecule has 1 aliphatic carbocycles. The molecule has 1 aromatic carbocycles. The lowest BCUT2D eigenvalue weighted by Crippen LogP contribution is -2.30. The van der Waals surface area contributed by atoms with Gasteiger partial charge in [-0.3, -0.25) is 4.79 Å². The molecule has 19 heavy (non-hydrogen) atoms. The van der Waals surface area contributed by atoms with Crippen molar-refractivity contribution >= 4 is 17.7 Å². The largest absolute Gasteiger partial charge is 0.481 e. The first-order chi connectivity index (χ1) is 9.15. The predicted molar refractivity (Wildman–Crippen MR) is 72.3 cm³/mol. The van der Waals surface area contributed by atoms with E-state index >= 15 is 0 Å². The van der Waals surface area contributed by atoms with E-state index in [1.54, 1.807) is 0 Å². The van der Waals surface area contributed by atoms with Gasteiger partial charge in [-0.2, -0.15) is 0 Å². The first kappa shape index (κ1) is 13.4. The number of aliphatic carboxylic acids is 1. The molecule has 0 heterocycles. The molecule has 0 bridgehead atoms. The quantitative estimate of drug-likeness (QED) is 0.763. The lowest BCUT2D eigenvalue weighted by molar-refractivity contribution is -0.136. The molecule has 0 unspecified atom stereocenters. The van der Waals surface area contributed by atoms with Crippen LogP contribution in [0.5, 0.6) is 0 Å². The van der Waals surface area contributed by atoms with Gasteiger partial charge in [-0.25, -0.2) is 4.79 Å². The third-order valence-electron chi connectivity index (χ3n) is 3.35. The molecule has 1 aliphatic rings. The van der Waals surface area contributed by atoms with Crippen molar-refractivity contribution in [2.45, 2.75) is 31.6 Å². The summed E-state index contributed by atoms with van der Waals surface area (Å²) in [5.41, 5.74) is 2.01. The molecule has 0 aliphatic heterocycles. The number of carboxylic acid groups (broad SMARTS) is 1. The molecular formula is C14H18N2O3. The van der Waals surface area contributed by atoms with Crippen LogP contribution in [0, 0.1) is 0 Å². The number of rotatable bonds is 5. The number of hydrogen-bond acceptors (Lipinski definition) is 2. The zero-order valence-electron chi connectivity index (χ0n) is 10.7. The summed E-state index contributed by atoms with van der Waals surface area (Å²) in [5.74, 6) is -0.302. The number of carboxylic acids is 1. The summed E-state index contributed by atoms with van der Waals surface area (Å²) in [7, 11) is 0. The van der Waals surface area contributed by atoms with Gasteiger partial charge in [0.05, 0.1) is 6.42 Å². The van der Waals surface area contributed by atoms with Crippen LogP contribution in [0.2, 0.25) is 0 Å². The molecule has 102 valence electrons. The second-order valence-electron chi connectivity index (χ2n) is 4.78. The van der Waals surface area contributed by atoms with Crippen LogP contribution in [0.25, 0.3) is 0 Å². The molecule has 2 rings (SSSR count). The highest BCUT2D eigenvalue weighted by molar-refractivity contribution is 5.89. The van der Waals surface area contributed by atoms with Crippen molar-refractivity contribution in [1.82, 2.24) is 5.32 Å². The van der Waals surface area contributed by atoms with Gasteiger partial charge in [-0.1, -0.05) is 18.6 Å². The van der Waals surface area contributed by atoms with Crippen LogP contribution in [0.1, 0.15) is 37.2 Å². The minimum atomic E-state index is -0.924. The summed E-state index contributed by atoms with van der Waals surface area (Å²) in [5, 5.41) is 13.7. The highest BCUT2D eigenvalue weighted by atomic mass is 16.4. The number of amides is 2. The van der Waals surface area contributed by atoms with E-state index in [1.807, 2.05) is 18.2 Å². The fraction of sp³-hybridized carbons (Fsp3) is 0.429. The summed E-state index contributed by atoms with van der Waals surface area (Å²) in [6.45, 7) is 0.128. The smallest absolute Gasteiger partial charge is 0.319 e. The van der Waals surface area contributed by atoms with E-state index in [2.05, 4.69) is 16.7 Å². The molecule has 2 amide bonds. The number of hydrogen-bond donors (Lipinski definition) is 3. The van der Waals surface area contributed by atoms with Crippen LogP contribution in [0.4, 0.5) is 10.5 Å². The molecule has 0 radical (unpaired) electrons. The Balaban J connectivity index is 1.84. The van der Waals surface area contributed by atoms with Gasteiger partial charge in [0.25, 0.3) is 0 Å². The molecule has 0 atom stereocenters. The van der Waals surface area contributed by atoms with Crippen molar-refractivity contribution in [3.8, 4) is 0 Å². The SMILES string of the molecule is O=C(O)CCNC(=O)Nc1cccc(C2CCC2)c1. The maximum Gasteiger partial charge on any atom is 0.319 e. The molecule has 5 heteroatoms. The summed E-state index contributed by atoms with van der Waals surface area (Å²) in [6, 6.07) is 7.46. The maximum atomic E-state index is 11.5. The van der Waals surface area contributed by atoms with Crippen LogP contribution in [-0.4, -0.2) is 23.7 Å². The average Bonchev–Trinajstić information content (AvgIpc) is 2.26. The summed E-state index contributed by atoms with van der Waals surface area (Å²) in [6.07, 6.45) is 3.63. The Labute approximate surface area is 112 Å². The van der Waals surface area contributed by atoms with Crippen LogP contribution in [-0.2, 0) is 4.79 Å². The molecule has 5 nitrogen and oxygen atoms in total. The third-order valence-corrected chi connectivity index (χ3v) is 3.35. The van der Waals surface area contributed by atoms with E-state index < -0.39 is 5.97 Å². The van der Waals surface area contributed by atoms with E-state index in [4.69, 9.17) is 5.11 Å². The van der Waals surface area contributed by atoms with Gasteiger partial charge in [-0.05, 0) is 36.5 Å². The minimum Gasteiger partial charge on any atom is -0.481 e. The predicted octanol–water partition coefficient (Wildman–Crippen LogP) is 2.55. The highest BCUT2D eigenvalue weighted by Gasteiger charge is 2.19. The van der Waals surface area contributed by atoms with Gasteiger partial charge >= 0.3 is 12.0 Å². The van der Waals surface area contributed by atoms with Gasteiger partial charge in [0.15, 0.2) is 0 Å². The lowest BCUT2D eigenvalue weighted by atomic mass is 9.80. The van der Waals surface area contributed by atoms with E-state index in [-0.39, 0.29) is 19.0 Å². The first-order valence-electron chi connectivity index (χ1n) is 6.52. The standard InChI is InChI=1S/C14H18N2O3/c17-13(18)7-8-15-14(19)16-12-6-2-5-11(9-12)10-3-1-4-10/h2,5-6,9-10H,1,3-4,7-8H2,(H,17,18)(H2,15,16,19). The molecule has 1 fully saturated rings. The average molecular weight is 262 g/mol. The van der Waals surface area contributed by atoms with Crippen LogP contribution in [0.15, 0.2) is 24.3 Å². The normalized spacial score (nSPS) is 14.5. The Kier molecular flexibility index (Phi) is 4.39. The number of anilines is 1. The second-order valence-corrected chi connectivity index (χ2v) is 4.78. The topological polar surface area (TPSA) is 78.4 Å². The van der Waals surface area contributed by atoms with Crippen molar-refractivity contribution < 1.29 is 14.7 Å². The monoisotopic (exact) mass is 262 g/mol. The van der Waals surface area contributed by atoms with Crippen molar-refractivity contribution in [2.75, 3.05) is 11.9 Å². The molecule has 1 saturated carbocycles. The van der Waals surface area contributed by atoms with Gasteiger partial charge in [0.1, 0.15) is 0 Å². The summed E-state index contributed by atoms with van der Waals surface area (Å²) >= 11 is 0. The Hall–Kier alpha value is -2.04. The number of benzene rings is 1. The van der Waals surface area contributed by atoms with Crippen LogP contribution < -0.4 is 10.6 Å². The van der Waals surface area contributed by atoms with Gasteiger partial charge in [0.2, 0.25) is 0 Å². The molecular weight excluding hydrogens is 244 g/mol. The van der Waals surface area contributed by atoms with E-state index in [1.165, 1.54) is 24.8 Å². The summed E-state index contributed by atoms with van der Waals surface area (Å²) in [4.78, 5) is 21.9. The molecule has 0 saturated heterocycles. The van der Waals surface area contributed by atoms with Gasteiger partial charge in [-0.15, -0.1) is 0 Å². The second kappa shape index (κ2) is 6.22. The number of carbonyl (C=O) groups excluding carboxylic acids is 1. The number of urea groups is 1. The van der Waals surface area contributed by atoms with E-state index in [9.17, 15) is 9.59 Å². The number of nitrogens with one attached hydrogen (secondary N) is 2. The molecule has 0 aromatic heterocycles. The van der Waals surface area contributed by atoms with Crippen molar-refractivity contribution in [3.63, 3.8) is 0 Å². The van der Waals surface area contributed by atoms with Crippen molar-refractivity contribution in [2.24, 2.45) is 0 Å². The van der Waals surface area contributed by atoms with Crippen LogP contribution >= 0.6 is 0 Å². The van der Waals surface area contributed by atoms with Crippen LogP contribution in [0.3, 0.4) is 0 Å². The zero-order valence-corrected chi connectivity index (χ0v) is 10.7. The highest BCUT2D eigenvalue weighted by Crippen LogP contribution is 2.36. The van der Waals surface area contributed by atoms with Gasteiger partial charge in [0, 0.05) is 12.2 Å². The van der Waals surface area contributed by atoms with E-state index in [0.717, 1.165) is 5.69 Å². The van der Waals surface area contributed by atoms with Crippen molar-refractivity contribution in [3.05, 3.63) is 29.8 Å². The summed E-state index contributed by atoms with van der Waals surface area (Å²) < 4.78 is 0. The Morgan fingerprint density at radius 2 is 2.11 bits per heavy atom. The molecule has 3 N–H and O–H groups in total. The Bertz CT molecular complexity index is 470. The lowest BCUT2D eigenvalue weighted by Gasteiger charge is -2.26. The maximum absolute atomic E-state index is 11.5. The first-order valence-corrected chi connectivity index (χ1v) is 6.52.